The van der Waals surface area contributed by atoms with E-state index in [9.17, 15) is 13.2 Å². The smallest absolute Gasteiger partial charge is 0.406 e. The van der Waals surface area contributed by atoms with Gasteiger partial charge in [0.1, 0.15) is 5.75 Å². The number of hydrogen-bond acceptors (Lipinski definition) is 6. The number of ether oxygens (including phenoxy) is 1. The van der Waals surface area contributed by atoms with Crippen molar-refractivity contribution in [2.45, 2.75) is 17.3 Å². The maximum Gasteiger partial charge on any atom is 0.573 e. The van der Waals surface area contributed by atoms with Crippen LogP contribution in [0.4, 0.5) is 13.2 Å². The summed E-state index contributed by atoms with van der Waals surface area (Å²) in [5.74, 6) is 0.262. The summed E-state index contributed by atoms with van der Waals surface area (Å²) < 4.78 is 41.8. The number of halogens is 3. The molecular weight excluding hydrogens is 343 g/mol. The molecule has 1 aromatic carbocycles. The van der Waals surface area contributed by atoms with E-state index in [1.54, 1.807) is 6.20 Å². The van der Waals surface area contributed by atoms with Crippen molar-refractivity contribution in [3.05, 3.63) is 54.4 Å². The van der Waals surface area contributed by atoms with E-state index in [2.05, 4.69) is 25.2 Å². The maximum atomic E-state index is 12.2. The number of rotatable bonds is 5. The Morgan fingerprint density at radius 1 is 1.08 bits per heavy atom. The first-order valence-electron chi connectivity index (χ1n) is 6.68. The predicted molar refractivity (Wildman–Crippen MR) is 79.6 cm³/mol. The molecule has 0 bridgehead atoms. The van der Waals surface area contributed by atoms with Crippen LogP contribution in [-0.2, 0) is 5.75 Å². The minimum Gasteiger partial charge on any atom is -0.406 e. The molecule has 2 heterocycles. The van der Waals surface area contributed by atoms with Gasteiger partial charge in [-0.15, -0.1) is 18.3 Å². The molecule has 0 unspecified atom stereocenters. The molecule has 6 nitrogen and oxygen atoms in total. The number of tetrazole rings is 1. The lowest BCUT2D eigenvalue weighted by atomic mass is 10.3. The van der Waals surface area contributed by atoms with E-state index in [1.165, 1.54) is 40.7 Å². The second kappa shape index (κ2) is 6.87. The lowest BCUT2D eigenvalue weighted by molar-refractivity contribution is -0.274. The highest BCUT2D eigenvalue weighted by Crippen LogP contribution is 2.25. The summed E-state index contributed by atoms with van der Waals surface area (Å²) >= 11 is 1.37. The van der Waals surface area contributed by atoms with Crippen LogP contribution in [0.25, 0.3) is 5.69 Å². The monoisotopic (exact) mass is 353 g/mol. The summed E-state index contributed by atoms with van der Waals surface area (Å²) in [6.45, 7) is 0. The van der Waals surface area contributed by atoms with E-state index in [-0.39, 0.29) is 5.75 Å². The van der Waals surface area contributed by atoms with Gasteiger partial charge in [0.2, 0.25) is 5.16 Å². The largest absolute Gasteiger partial charge is 0.573 e. The van der Waals surface area contributed by atoms with E-state index >= 15 is 0 Å². The van der Waals surface area contributed by atoms with Crippen LogP contribution < -0.4 is 4.74 Å². The molecule has 24 heavy (non-hydrogen) atoms. The molecule has 0 atom stereocenters. The topological polar surface area (TPSA) is 65.7 Å². The molecular formula is C14H10F3N5OS. The second-order valence-electron chi connectivity index (χ2n) is 4.52. The zero-order valence-corrected chi connectivity index (χ0v) is 12.8. The molecule has 0 aliphatic carbocycles. The Kier molecular flexibility index (Phi) is 4.65. The Morgan fingerprint density at radius 3 is 2.54 bits per heavy atom. The SMILES string of the molecule is FC(F)(F)Oc1ccc(-n2nnnc2SCc2ccccn2)cc1. The van der Waals surface area contributed by atoms with E-state index in [0.29, 0.717) is 16.6 Å². The molecule has 10 heteroatoms. The van der Waals surface area contributed by atoms with Crippen molar-refractivity contribution in [2.75, 3.05) is 0 Å². The van der Waals surface area contributed by atoms with Gasteiger partial charge >= 0.3 is 6.36 Å². The van der Waals surface area contributed by atoms with Crippen LogP contribution in [0.2, 0.25) is 0 Å². The van der Waals surface area contributed by atoms with Crippen LogP contribution >= 0.6 is 11.8 Å². The molecule has 124 valence electrons. The van der Waals surface area contributed by atoms with Gasteiger partial charge in [-0.2, -0.15) is 4.68 Å². The molecule has 0 N–H and O–H groups in total. The standard InChI is InChI=1S/C14H10F3N5OS/c15-14(16,17)23-12-6-4-11(5-7-12)22-13(19-20-21-22)24-9-10-3-1-2-8-18-10/h1-8H,9H2. The molecule has 2 aromatic heterocycles. The van der Waals surface area contributed by atoms with Crippen molar-refractivity contribution in [2.24, 2.45) is 0 Å². The number of hydrogen-bond donors (Lipinski definition) is 0. The molecule has 0 amide bonds. The van der Waals surface area contributed by atoms with Crippen molar-refractivity contribution in [1.29, 1.82) is 0 Å². The minimum absolute atomic E-state index is 0.304. The van der Waals surface area contributed by atoms with E-state index in [4.69, 9.17) is 0 Å². The van der Waals surface area contributed by atoms with Crippen LogP contribution in [0, 0.1) is 0 Å². The Labute approximate surface area is 138 Å². The number of pyridine rings is 1. The first-order chi connectivity index (χ1) is 11.5. The van der Waals surface area contributed by atoms with Gasteiger partial charge in [-0.1, -0.05) is 17.8 Å². The molecule has 0 aliphatic rings. The highest BCUT2D eigenvalue weighted by molar-refractivity contribution is 7.98. The quantitative estimate of drug-likeness (QED) is 0.656. The lowest BCUT2D eigenvalue weighted by Gasteiger charge is -2.09. The number of alkyl halides is 3. The molecule has 3 rings (SSSR count). The first kappa shape index (κ1) is 16.2. The van der Waals surface area contributed by atoms with Gasteiger partial charge in [0.25, 0.3) is 0 Å². The molecule has 3 aromatic rings. The average Bonchev–Trinajstić information content (AvgIpc) is 3.02. The maximum absolute atomic E-state index is 12.2. The Morgan fingerprint density at radius 2 is 1.88 bits per heavy atom. The molecule has 0 saturated carbocycles. The third kappa shape index (κ3) is 4.22. The second-order valence-corrected chi connectivity index (χ2v) is 5.47. The number of thioether (sulfide) groups is 1. The third-order valence-electron chi connectivity index (χ3n) is 2.83. The number of nitrogens with zero attached hydrogens (tertiary/aromatic N) is 5. The number of benzene rings is 1. The van der Waals surface area contributed by atoms with E-state index in [0.717, 1.165) is 5.69 Å². The molecule has 0 radical (unpaired) electrons. The van der Waals surface area contributed by atoms with Crippen LogP contribution in [0.3, 0.4) is 0 Å². The zero-order valence-electron chi connectivity index (χ0n) is 12.0. The van der Waals surface area contributed by atoms with Crippen molar-refractivity contribution in [3.63, 3.8) is 0 Å². The van der Waals surface area contributed by atoms with Crippen molar-refractivity contribution >= 4 is 11.8 Å². The summed E-state index contributed by atoms with van der Waals surface area (Å²) in [7, 11) is 0. The molecule has 0 saturated heterocycles. The molecule has 0 fully saturated rings. The normalized spacial score (nSPS) is 11.5. The van der Waals surface area contributed by atoms with Gasteiger partial charge < -0.3 is 4.74 Å². The van der Waals surface area contributed by atoms with Crippen molar-refractivity contribution in [1.82, 2.24) is 25.2 Å². The van der Waals surface area contributed by atoms with Crippen molar-refractivity contribution < 1.29 is 17.9 Å². The lowest BCUT2D eigenvalue weighted by Crippen LogP contribution is -2.17. The van der Waals surface area contributed by atoms with Gasteiger partial charge in [0.05, 0.1) is 11.4 Å². The van der Waals surface area contributed by atoms with Crippen LogP contribution in [0.1, 0.15) is 5.69 Å². The average molecular weight is 353 g/mol. The zero-order chi connectivity index (χ0) is 17.0. The van der Waals surface area contributed by atoms with Gasteiger partial charge in [0, 0.05) is 11.9 Å². The van der Waals surface area contributed by atoms with E-state index in [1.807, 2.05) is 18.2 Å². The van der Waals surface area contributed by atoms with Crippen LogP contribution in [0.5, 0.6) is 5.75 Å². The van der Waals surface area contributed by atoms with Gasteiger partial charge in [-0.05, 0) is 46.8 Å². The van der Waals surface area contributed by atoms with Crippen molar-refractivity contribution in [3.8, 4) is 11.4 Å². The van der Waals surface area contributed by atoms with Gasteiger partial charge in [-0.25, -0.2) is 0 Å². The van der Waals surface area contributed by atoms with Gasteiger partial charge in [0.15, 0.2) is 0 Å². The summed E-state index contributed by atoms with van der Waals surface area (Å²) in [5, 5.41) is 11.9. The minimum atomic E-state index is -4.72. The first-order valence-corrected chi connectivity index (χ1v) is 7.67. The van der Waals surface area contributed by atoms with E-state index < -0.39 is 6.36 Å². The Balaban J connectivity index is 1.72. The number of aromatic nitrogens is 5. The highest BCUT2D eigenvalue weighted by Gasteiger charge is 2.31. The highest BCUT2D eigenvalue weighted by atomic mass is 32.2. The molecule has 0 aliphatic heterocycles. The Bertz CT molecular complexity index is 792. The van der Waals surface area contributed by atoms with Crippen LogP contribution in [-0.4, -0.2) is 31.6 Å². The summed E-state index contributed by atoms with van der Waals surface area (Å²) in [6.07, 6.45) is -3.03. The fourth-order valence-electron chi connectivity index (χ4n) is 1.84. The van der Waals surface area contributed by atoms with Gasteiger partial charge in [-0.3, -0.25) is 4.98 Å². The summed E-state index contributed by atoms with van der Waals surface area (Å²) in [5.41, 5.74) is 1.39. The third-order valence-corrected chi connectivity index (χ3v) is 3.78. The fourth-order valence-corrected chi connectivity index (χ4v) is 2.65. The molecule has 0 spiro atoms. The summed E-state index contributed by atoms with van der Waals surface area (Å²) in [6, 6.07) is 10.9. The predicted octanol–water partition coefficient (Wildman–Crippen LogP) is 3.25. The summed E-state index contributed by atoms with van der Waals surface area (Å²) in [4.78, 5) is 4.20. The Hall–Kier alpha value is -2.62. The fraction of sp³-hybridized carbons (Fsp3) is 0.143. The van der Waals surface area contributed by atoms with Crippen LogP contribution in [0.15, 0.2) is 53.8 Å².